The molecule has 0 radical (unpaired) electrons. The Balaban J connectivity index is 1.63. The van der Waals surface area contributed by atoms with Crippen LogP contribution in [0.15, 0.2) is 24.3 Å². The standard InChI is InChI=1S/C27H34FN5O2/c1-16(2)22-15-20(24-17(3)30-33(25(24)29-22)27(5,6)7)26(35)32-12-10-31(11-13-32)23-9-8-19(18(4)34)14-21(23)28/h8-9,14-16H,10-13H2,1-7H3. The Morgan fingerprint density at radius 1 is 1.06 bits per heavy atom. The molecule has 0 saturated carbocycles. The van der Waals surface area contributed by atoms with Crippen LogP contribution in [0.25, 0.3) is 11.0 Å². The van der Waals surface area contributed by atoms with Crippen LogP contribution in [0.4, 0.5) is 10.1 Å². The van der Waals surface area contributed by atoms with Crippen molar-refractivity contribution in [2.24, 2.45) is 0 Å². The minimum atomic E-state index is -0.417. The number of fused-ring (bicyclic) bond motifs is 1. The molecule has 0 unspecified atom stereocenters. The molecule has 1 fully saturated rings. The molecule has 0 N–H and O–H groups in total. The van der Waals surface area contributed by atoms with Crippen LogP contribution in [-0.2, 0) is 5.54 Å². The van der Waals surface area contributed by atoms with Crippen molar-refractivity contribution in [3.63, 3.8) is 0 Å². The molecule has 0 aliphatic carbocycles. The van der Waals surface area contributed by atoms with Crippen molar-refractivity contribution in [3.05, 3.63) is 52.6 Å². The van der Waals surface area contributed by atoms with E-state index in [1.165, 1.54) is 13.0 Å². The topological polar surface area (TPSA) is 71.3 Å². The molecule has 0 spiro atoms. The minimum absolute atomic E-state index is 0.0529. The highest BCUT2D eigenvalue weighted by atomic mass is 19.1. The summed E-state index contributed by atoms with van der Waals surface area (Å²) in [7, 11) is 0. The van der Waals surface area contributed by atoms with Crippen LogP contribution >= 0.6 is 0 Å². The van der Waals surface area contributed by atoms with E-state index < -0.39 is 5.82 Å². The molecule has 1 amide bonds. The molecule has 2 aromatic heterocycles. The average molecular weight is 480 g/mol. The number of aromatic nitrogens is 3. The Hall–Kier alpha value is -3.29. The molecule has 3 aromatic rings. The van der Waals surface area contributed by atoms with Crippen molar-refractivity contribution in [1.29, 1.82) is 0 Å². The number of carbonyl (C=O) groups is 2. The number of pyridine rings is 1. The van der Waals surface area contributed by atoms with Crippen LogP contribution in [0.3, 0.4) is 0 Å². The second-order valence-electron chi connectivity index (χ2n) is 10.6. The van der Waals surface area contributed by atoms with Crippen molar-refractivity contribution >= 4 is 28.4 Å². The third-order valence-electron chi connectivity index (χ3n) is 6.55. The van der Waals surface area contributed by atoms with E-state index in [9.17, 15) is 14.0 Å². The molecule has 35 heavy (non-hydrogen) atoms. The fourth-order valence-electron chi connectivity index (χ4n) is 4.54. The van der Waals surface area contributed by atoms with E-state index in [0.29, 0.717) is 43.0 Å². The smallest absolute Gasteiger partial charge is 0.254 e. The van der Waals surface area contributed by atoms with Crippen LogP contribution in [-0.4, -0.2) is 57.5 Å². The summed E-state index contributed by atoms with van der Waals surface area (Å²) in [4.78, 5) is 33.9. The van der Waals surface area contributed by atoms with Gasteiger partial charge in [-0.3, -0.25) is 9.59 Å². The molecule has 4 rings (SSSR count). The van der Waals surface area contributed by atoms with Crippen LogP contribution in [0.5, 0.6) is 0 Å². The Morgan fingerprint density at radius 3 is 2.26 bits per heavy atom. The van der Waals surface area contributed by atoms with Gasteiger partial charge in [0.25, 0.3) is 5.91 Å². The fourth-order valence-corrected chi connectivity index (χ4v) is 4.54. The summed E-state index contributed by atoms with van der Waals surface area (Å²) in [6.45, 7) is 15.7. The average Bonchev–Trinajstić information content (AvgIpc) is 3.15. The molecule has 0 atom stereocenters. The molecule has 8 heteroatoms. The number of rotatable bonds is 4. The van der Waals surface area contributed by atoms with E-state index in [1.807, 2.05) is 27.5 Å². The zero-order valence-electron chi connectivity index (χ0n) is 21.6. The highest BCUT2D eigenvalue weighted by Crippen LogP contribution is 2.30. The molecule has 186 valence electrons. The van der Waals surface area contributed by atoms with Gasteiger partial charge in [0, 0.05) is 37.4 Å². The number of nitrogens with zero attached hydrogens (tertiary/aromatic N) is 5. The maximum atomic E-state index is 14.7. The predicted molar refractivity (Wildman–Crippen MR) is 136 cm³/mol. The highest BCUT2D eigenvalue weighted by molar-refractivity contribution is 6.06. The highest BCUT2D eigenvalue weighted by Gasteiger charge is 2.29. The first kappa shape index (κ1) is 24.8. The van der Waals surface area contributed by atoms with Crippen molar-refractivity contribution in [2.45, 2.75) is 59.9 Å². The molecule has 0 bridgehead atoms. The molecular formula is C27H34FN5O2. The van der Waals surface area contributed by atoms with Gasteiger partial charge in [-0.2, -0.15) is 5.10 Å². The number of Topliss-reactive ketones (excluding diaryl/α,β-unsaturated/α-hetero) is 1. The number of carbonyl (C=O) groups excluding carboxylic acids is 2. The van der Waals surface area contributed by atoms with Gasteiger partial charge in [-0.05, 0) is 64.8 Å². The monoisotopic (exact) mass is 479 g/mol. The second kappa shape index (κ2) is 9.06. The third-order valence-corrected chi connectivity index (χ3v) is 6.55. The van der Waals surface area contributed by atoms with Gasteiger partial charge in [-0.15, -0.1) is 0 Å². The summed E-state index contributed by atoms with van der Waals surface area (Å²) < 4.78 is 16.6. The largest absolute Gasteiger partial charge is 0.366 e. The minimum Gasteiger partial charge on any atom is -0.366 e. The van der Waals surface area contributed by atoms with Crippen LogP contribution in [0.2, 0.25) is 0 Å². The Bertz CT molecular complexity index is 1300. The quantitative estimate of drug-likeness (QED) is 0.497. The number of benzene rings is 1. The maximum absolute atomic E-state index is 14.7. The lowest BCUT2D eigenvalue weighted by Gasteiger charge is -2.36. The molecule has 1 aliphatic heterocycles. The van der Waals surface area contributed by atoms with Crippen molar-refractivity contribution in [3.8, 4) is 0 Å². The molecule has 1 saturated heterocycles. The van der Waals surface area contributed by atoms with Crippen molar-refractivity contribution in [2.75, 3.05) is 31.1 Å². The summed E-state index contributed by atoms with van der Waals surface area (Å²) >= 11 is 0. The number of anilines is 1. The molecule has 7 nitrogen and oxygen atoms in total. The Kier molecular flexibility index (Phi) is 6.42. The predicted octanol–water partition coefficient (Wildman–Crippen LogP) is 4.92. The fraction of sp³-hybridized carbons (Fsp3) is 0.481. The van der Waals surface area contributed by atoms with Crippen LogP contribution in [0, 0.1) is 12.7 Å². The van der Waals surface area contributed by atoms with Gasteiger partial charge >= 0.3 is 0 Å². The zero-order valence-corrected chi connectivity index (χ0v) is 21.6. The number of aryl methyl sites for hydroxylation is 1. The molecular weight excluding hydrogens is 445 g/mol. The van der Waals surface area contributed by atoms with Crippen molar-refractivity contribution in [1.82, 2.24) is 19.7 Å². The summed E-state index contributed by atoms with van der Waals surface area (Å²) in [6, 6.07) is 6.49. The van der Waals surface area contributed by atoms with Gasteiger partial charge in [0.2, 0.25) is 0 Å². The van der Waals surface area contributed by atoms with E-state index in [2.05, 4.69) is 34.6 Å². The third kappa shape index (κ3) is 4.66. The van der Waals surface area contributed by atoms with Crippen molar-refractivity contribution < 1.29 is 14.0 Å². The summed E-state index contributed by atoms with van der Waals surface area (Å²) in [5.74, 6) is -0.476. The lowest BCUT2D eigenvalue weighted by molar-refractivity contribution is 0.0748. The Morgan fingerprint density at radius 2 is 1.71 bits per heavy atom. The van der Waals surface area contributed by atoms with Crippen LogP contribution in [0.1, 0.15) is 79.6 Å². The van der Waals surface area contributed by atoms with E-state index in [-0.39, 0.29) is 23.1 Å². The van der Waals surface area contributed by atoms with Gasteiger partial charge in [-0.25, -0.2) is 14.1 Å². The normalized spacial score (nSPS) is 14.8. The Labute approximate surface area is 205 Å². The lowest BCUT2D eigenvalue weighted by Crippen LogP contribution is -2.49. The molecule has 1 aliphatic rings. The zero-order chi connectivity index (χ0) is 25.7. The van der Waals surface area contributed by atoms with E-state index in [1.54, 1.807) is 12.1 Å². The van der Waals surface area contributed by atoms with Gasteiger partial charge in [0.15, 0.2) is 11.4 Å². The van der Waals surface area contributed by atoms with E-state index >= 15 is 0 Å². The molecule has 1 aromatic carbocycles. The summed E-state index contributed by atoms with van der Waals surface area (Å²) in [5.41, 5.74) is 3.54. The first-order chi connectivity index (χ1) is 16.4. The van der Waals surface area contributed by atoms with E-state index in [0.717, 1.165) is 22.4 Å². The number of halogens is 1. The number of hydrogen-bond donors (Lipinski definition) is 0. The van der Waals surface area contributed by atoms with Gasteiger partial charge in [0.05, 0.1) is 27.9 Å². The first-order valence-electron chi connectivity index (χ1n) is 12.1. The van der Waals surface area contributed by atoms with E-state index in [4.69, 9.17) is 10.1 Å². The van der Waals surface area contributed by atoms with Gasteiger partial charge < -0.3 is 9.80 Å². The lowest BCUT2D eigenvalue weighted by atomic mass is 10.0. The van der Waals surface area contributed by atoms with Gasteiger partial charge in [0.1, 0.15) is 5.82 Å². The maximum Gasteiger partial charge on any atom is 0.254 e. The number of hydrogen-bond acceptors (Lipinski definition) is 5. The number of ketones is 1. The number of piperazine rings is 1. The second-order valence-corrected chi connectivity index (χ2v) is 10.6. The first-order valence-corrected chi connectivity index (χ1v) is 12.1. The van der Waals surface area contributed by atoms with Crippen LogP contribution < -0.4 is 4.90 Å². The SMILES string of the molecule is CC(=O)c1ccc(N2CCN(C(=O)c3cc(C(C)C)nc4c3c(C)nn4C(C)(C)C)CC2)c(F)c1. The summed E-state index contributed by atoms with van der Waals surface area (Å²) in [6.07, 6.45) is 0. The summed E-state index contributed by atoms with van der Waals surface area (Å²) in [5, 5.41) is 5.53. The van der Waals surface area contributed by atoms with Gasteiger partial charge in [-0.1, -0.05) is 13.8 Å². The number of amides is 1. The molecule has 3 heterocycles.